The van der Waals surface area contributed by atoms with Gasteiger partial charge >= 0.3 is 0 Å². The first-order valence-corrected chi connectivity index (χ1v) is 5.99. The van der Waals surface area contributed by atoms with Gasteiger partial charge in [0.15, 0.2) is 5.82 Å². The lowest BCUT2D eigenvalue weighted by Crippen LogP contribution is -2.23. The van der Waals surface area contributed by atoms with Crippen LogP contribution in [0.4, 0.5) is 0 Å². The summed E-state index contributed by atoms with van der Waals surface area (Å²) in [6.07, 6.45) is 1.21. The van der Waals surface area contributed by atoms with Crippen molar-refractivity contribution < 1.29 is 9.32 Å². The normalized spacial score (nSPS) is 9.61. The van der Waals surface area contributed by atoms with Gasteiger partial charge < -0.3 is 15.6 Å². The van der Waals surface area contributed by atoms with E-state index in [9.17, 15) is 4.79 Å². The van der Waals surface area contributed by atoms with E-state index in [2.05, 4.69) is 31.8 Å². The van der Waals surface area contributed by atoms with Crippen molar-refractivity contribution in [2.75, 3.05) is 6.54 Å². The molecule has 6 nitrogen and oxygen atoms in total. The zero-order chi connectivity index (χ0) is 12.8. The number of hydrogen-bond acceptors (Lipinski definition) is 6. The Morgan fingerprint density at radius 1 is 1.61 bits per heavy atom. The molecular formula is C11H10N4O2S. The summed E-state index contributed by atoms with van der Waals surface area (Å²) in [4.78, 5) is 16.3. The largest absolute Gasteiger partial charge is 0.344 e. The Hall–Kier alpha value is -2.17. The highest BCUT2D eigenvalue weighted by Crippen LogP contribution is 2.15. The number of nitrogens with zero attached hydrogens (tertiary/aromatic N) is 2. The topological polar surface area (TPSA) is 94.0 Å². The van der Waals surface area contributed by atoms with E-state index >= 15 is 0 Å². The Morgan fingerprint density at radius 2 is 2.50 bits per heavy atom. The van der Waals surface area contributed by atoms with Crippen LogP contribution in [0.2, 0.25) is 0 Å². The van der Waals surface area contributed by atoms with Crippen LogP contribution in [0.1, 0.15) is 21.1 Å². The van der Waals surface area contributed by atoms with Gasteiger partial charge in [0, 0.05) is 5.56 Å². The molecule has 0 saturated heterocycles. The molecule has 0 bridgehead atoms. The lowest BCUT2D eigenvalue weighted by Gasteiger charge is -2.00. The van der Waals surface area contributed by atoms with Crippen LogP contribution in [-0.4, -0.2) is 22.6 Å². The molecule has 1 amide bonds. The summed E-state index contributed by atoms with van der Waals surface area (Å²) in [7, 11) is 0. The Kier molecular flexibility index (Phi) is 4.06. The molecule has 0 radical (unpaired) electrons. The van der Waals surface area contributed by atoms with Crippen LogP contribution in [0.15, 0.2) is 22.4 Å². The molecule has 0 saturated carbocycles. The summed E-state index contributed by atoms with van der Waals surface area (Å²) in [5.41, 5.74) is 5.97. The van der Waals surface area contributed by atoms with Crippen molar-refractivity contribution in [1.82, 2.24) is 15.5 Å². The van der Waals surface area contributed by atoms with Crippen LogP contribution < -0.4 is 11.1 Å². The average molecular weight is 262 g/mol. The number of rotatable bonds is 3. The number of nitrogens with two attached hydrogens (primary N) is 1. The van der Waals surface area contributed by atoms with E-state index in [0.717, 1.165) is 0 Å². The Bertz CT molecular complexity index is 580. The van der Waals surface area contributed by atoms with Gasteiger partial charge in [-0.1, -0.05) is 17.0 Å². The second-order valence-corrected chi connectivity index (χ2v) is 4.12. The minimum absolute atomic E-state index is 0.212. The molecule has 0 aromatic carbocycles. The van der Waals surface area contributed by atoms with E-state index in [1.54, 1.807) is 6.07 Å². The molecule has 2 rings (SSSR count). The molecule has 0 aliphatic heterocycles. The summed E-state index contributed by atoms with van der Waals surface area (Å²) in [5, 5.41) is 8.10. The van der Waals surface area contributed by atoms with Crippen molar-refractivity contribution in [2.45, 2.75) is 6.54 Å². The lowest BCUT2D eigenvalue weighted by atomic mass is 10.2. The maximum atomic E-state index is 11.9. The molecule has 92 valence electrons. The predicted octanol–water partition coefficient (Wildman–Crippen LogP) is 0.371. The summed E-state index contributed by atoms with van der Waals surface area (Å²) in [5.74, 6) is 5.79. The Balaban J connectivity index is 2.02. The third-order valence-electron chi connectivity index (χ3n) is 2.01. The molecule has 0 unspecified atom stereocenters. The third-order valence-corrected chi connectivity index (χ3v) is 2.92. The average Bonchev–Trinajstić information content (AvgIpc) is 3.04. The third kappa shape index (κ3) is 2.94. The smallest absolute Gasteiger partial charge is 0.263 e. The van der Waals surface area contributed by atoms with Crippen LogP contribution in [0.3, 0.4) is 0 Å². The van der Waals surface area contributed by atoms with Crippen LogP contribution >= 0.6 is 11.3 Å². The summed E-state index contributed by atoms with van der Waals surface area (Å²) in [6.45, 7) is 0.483. The first-order valence-electron chi connectivity index (χ1n) is 5.11. The number of amides is 1. The fourth-order valence-electron chi connectivity index (χ4n) is 1.24. The molecule has 0 aliphatic carbocycles. The summed E-state index contributed by atoms with van der Waals surface area (Å²) < 4.78 is 4.57. The highest BCUT2D eigenvalue weighted by Gasteiger charge is 2.12. The summed E-state index contributed by atoms with van der Waals surface area (Å²) >= 11 is 1.33. The van der Waals surface area contributed by atoms with Gasteiger partial charge in [-0.3, -0.25) is 4.79 Å². The van der Waals surface area contributed by atoms with Crippen LogP contribution in [0.25, 0.3) is 0 Å². The van der Waals surface area contributed by atoms with Crippen LogP contribution in [0.5, 0.6) is 0 Å². The highest BCUT2D eigenvalue weighted by atomic mass is 32.1. The van der Waals surface area contributed by atoms with E-state index in [0.29, 0.717) is 16.3 Å². The van der Waals surface area contributed by atoms with Gasteiger partial charge in [-0.05, 0) is 11.4 Å². The maximum absolute atomic E-state index is 11.9. The monoisotopic (exact) mass is 262 g/mol. The summed E-state index contributed by atoms with van der Waals surface area (Å²) in [6, 6.07) is 1.79. The molecule has 2 heterocycles. The number of aromatic nitrogens is 2. The second-order valence-electron chi connectivity index (χ2n) is 3.20. The van der Waals surface area contributed by atoms with Gasteiger partial charge in [0.1, 0.15) is 4.88 Å². The van der Waals surface area contributed by atoms with E-state index < -0.39 is 0 Å². The molecule has 0 atom stereocenters. The van der Waals surface area contributed by atoms with Gasteiger partial charge in [-0.25, -0.2) is 0 Å². The van der Waals surface area contributed by atoms with E-state index in [4.69, 9.17) is 5.73 Å². The van der Waals surface area contributed by atoms with E-state index in [-0.39, 0.29) is 19.0 Å². The van der Waals surface area contributed by atoms with Gasteiger partial charge in [0.25, 0.3) is 5.91 Å². The zero-order valence-corrected chi connectivity index (χ0v) is 10.2. The van der Waals surface area contributed by atoms with Crippen molar-refractivity contribution in [3.05, 3.63) is 34.1 Å². The molecular weight excluding hydrogens is 252 g/mol. The number of carbonyl (C=O) groups excluding carboxylic acids is 1. The first-order chi connectivity index (χ1) is 8.81. The molecule has 2 aromatic rings. The van der Waals surface area contributed by atoms with Gasteiger partial charge in [0.05, 0.1) is 13.1 Å². The van der Waals surface area contributed by atoms with Crippen molar-refractivity contribution in [2.24, 2.45) is 5.73 Å². The van der Waals surface area contributed by atoms with Gasteiger partial charge in [-0.15, -0.1) is 11.3 Å². The predicted molar refractivity (Wildman–Crippen MR) is 65.7 cm³/mol. The first kappa shape index (κ1) is 12.3. The van der Waals surface area contributed by atoms with Crippen LogP contribution in [-0.2, 0) is 6.54 Å². The highest BCUT2D eigenvalue weighted by molar-refractivity contribution is 7.12. The standard InChI is InChI=1S/C11H10N4O2S/c12-4-1-2-8-3-5-18-10(8)11(16)13-6-9-14-7-17-15-9/h3,5,7H,4,6,12H2,(H,13,16). The van der Waals surface area contributed by atoms with E-state index in [1.807, 2.05) is 5.38 Å². The van der Waals surface area contributed by atoms with E-state index in [1.165, 1.54) is 17.7 Å². The molecule has 0 fully saturated rings. The van der Waals surface area contributed by atoms with Gasteiger partial charge in [0.2, 0.25) is 6.39 Å². The SMILES string of the molecule is NCC#Cc1ccsc1C(=O)NCc1ncon1. The number of nitrogens with one attached hydrogen (secondary N) is 1. The minimum atomic E-state index is -0.212. The number of carbonyl (C=O) groups is 1. The zero-order valence-electron chi connectivity index (χ0n) is 9.34. The van der Waals surface area contributed by atoms with Gasteiger partial charge in [-0.2, -0.15) is 4.98 Å². The Morgan fingerprint density at radius 3 is 3.22 bits per heavy atom. The fourth-order valence-corrected chi connectivity index (χ4v) is 2.01. The molecule has 2 aromatic heterocycles. The van der Waals surface area contributed by atoms with Crippen LogP contribution in [0, 0.1) is 11.8 Å². The van der Waals surface area contributed by atoms with Crippen molar-refractivity contribution >= 4 is 17.2 Å². The maximum Gasteiger partial charge on any atom is 0.263 e. The molecule has 3 N–H and O–H groups in total. The molecule has 0 spiro atoms. The molecule has 7 heteroatoms. The fraction of sp³-hybridized carbons (Fsp3) is 0.182. The second kappa shape index (κ2) is 5.95. The lowest BCUT2D eigenvalue weighted by molar-refractivity contribution is 0.0953. The van der Waals surface area contributed by atoms with Crippen molar-refractivity contribution in [3.63, 3.8) is 0 Å². The Labute approximate surface area is 107 Å². The number of hydrogen-bond donors (Lipinski definition) is 2. The molecule has 18 heavy (non-hydrogen) atoms. The van der Waals surface area contributed by atoms with Crippen molar-refractivity contribution in [1.29, 1.82) is 0 Å². The number of thiophene rings is 1. The van der Waals surface area contributed by atoms with Crippen molar-refractivity contribution in [3.8, 4) is 11.8 Å². The quantitative estimate of drug-likeness (QED) is 0.779. The molecule has 0 aliphatic rings. The minimum Gasteiger partial charge on any atom is -0.344 e.